The van der Waals surface area contributed by atoms with Gasteiger partial charge in [0.1, 0.15) is 10.7 Å². The summed E-state index contributed by atoms with van der Waals surface area (Å²) in [5.41, 5.74) is 0.718. The van der Waals surface area contributed by atoms with E-state index in [4.69, 9.17) is 0 Å². The second-order valence-electron chi connectivity index (χ2n) is 9.38. The molecule has 9 heteroatoms. The number of carbonyl (C=O) groups is 1. The van der Waals surface area contributed by atoms with Crippen LogP contribution in [0.1, 0.15) is 32.3 Å². The molecule has 1 saturated heterocycles. The first-order valence-corrected chi connectivity index (χ1v) is 12.6. The molecule has 0 saturated carbocycles. The monoisotopic (exact) mass is 472 g/mol. The fourth-order valence-corrected chi connectivity index (χ4v) is 5.45. The van der Waals surface area contributed by atoms with Crippen molar-refractivity contribution in [3.63, 3.8) is 0 Å². The van der Waals surface area contributed by atoms with Crippen molar-refractivity contribution in [2.45, 2.75) is 31.6 Å². The maximum Gasteiger partial charge on any atom is 0.285 e. The molecule has 2 N–H and O–H groups in total. The van der Waals surface area contributed by atoms with E-state index < -0.39 is 21.3 Å². The summed E-state index contributed by atoms with van der Waals surface area (Å²) in [5, 5.41) is 6.33. The van der Waals surface area contributed by atoms with E-state index in [0.717, 1.165) is 31.1 Å². The zero-order valence-electron chi connectivity index (χ0n) is 18.8. The molecule has 4 rings (SSSR count). The van der Waals surface area contributed by atoms with Crippen LogP contribution in [-0.4, -0.2) is 46.3 Å². The Hall–Kier alpha value is -2.78. The van der Waals surface area contributed by atoms with Gasteiger partial charge in [0, 0.05) is 36.3 Å². The molecular weight excluding hydrogens is 443 g/mol. The van der Waals surface area contributed by atoms with Crippen molar-refractivity contribution in [2.24, 2.45) is 15.7 Å². The smallest absolute Gasteiger partial charge is 0.285 e. The molecule has 1 amide bonds. The number of amidine groups is 1. The zero-order chi connectivity index (χ0) is 23.6. The quantitative estimate of drug-likeness (QED) is 0.675. The average Bonchev–Trinajstić information content (AvgIpc) is 3.07. The van der Waals surface area contributed by atoms with Crippen LogP contribution in [-0.2, 0) is 14.8 Å². The standard InChI is InChI=1S/C24H29FN4O3S/c1-24(2,15-27-23(30)17-7-6-12-26-14-17)16-29(19-8-4-3-5-9-19)22-20-11-10-18(25)13-21(20)33(31,32)28-22/h3-5,8-11,13,17,26H,6-7,12,14-16H2,1-2H3,(H,27,30). The summed E-state index contributed by atoms with van der Waals surface area (Å²) in [6, 6.07) is 13.1. The topological polar surface area (TPSA) is 90.9 Å². The van der Waals surface area contributed by atoms with Gasteiger partial charge < -0.3 is 15.5 Å². The Morgan fingerprint density at radius 2 is 2.00 bits per heavy atom. The van der Waals surface area contributed by atoms with Crippen molar-refractivity contribution < 1.29 is 17.6 Å². The van der Waals surface area contributed by atoms with E-state index >= 15 is 0 Å². The van der Waals surface area contributed by atoms with Gasteiger partial charge in [-0.15, -0.1) is 4.40 Å². The molecule has 1 unspecified atom stereocenters. The Labute approximate surface area is 194 Å². The van der Waals surface area contributed by atoms with E-state index in [0.29, 0.717) is 25.2 Å². The van der Waals surface area contributed by atoms with Crippen LogP contribution >= 0.6 is 0 Å². The number of amides is 1. The van der Waals surface area contributed by atoms with Gasteiger partial charge >= 0.3 is 0 Å². The van der Waals surface area contributed by atoms with Crippen molar-refractivity contribution in [2.75, 3.05) is 31.1 Å². The van der Waals surface area contributed by atoms with Gasteiger partial charge in [-0.2, -0.15) is 8.42 Å². The summed E-state index contributed by atoms with van der Waals surface area (Å²) in [5.74, 6) is -0.374. The lowest BCUT2D eigenvalue weighted by atomic mass is 9.91. The van der Waals surface area contributed by atoms with Crippen LogP contribution in [0.3, 0.4) is 0 Å². The van der Waals surface area contributed by atoms with E-state index in [1.54, 1.807) is 0 Å². The largest absolute Gasteiger partial charge is 0.355 e. The number of carbonyl (C=O) groups excluding carboxylic acids is 1. The van der Waals surface area contributed by atoms with Gasteiger partial charge in [-0.3, -0.25) is 4.79 Å². The summed E-state index contributed by atoms with van der Waals surface area (Å²) >= 11 is 0. The van der Waals surface area contributed by atoms with Crippen molar-refractivity contribution in [3.8, 4) is 0 Å². The highest BCUT2D eigenvalue weighted by Crippen LogP contribution is 2.32. The Balaban J connectivity index is 1.59. The van der Waals surface area contributed by atoms with Gasteiger partial charge in [-0.05, 0) is 49.7 Å². The lowest BCUT2D eigenvalue weighted by molar-refractivity contribution is -0.125. The minimum absolute atomic E-state index is 0.0307. The summed E-state index contributed by atoms with van der Waals surface area (Å²) in [6.07, 6.45) is 1.86. The Morgan fingerprint density at radius 3 is 2.70 bits per heavy atom. The SMILES string of the molecule is CC(C)(CNC(=O)C1CCCNC1)CN(C1=NS(=O)(=O)c2cc(F)ccc21)c1ccccc1. The third-order valence-electron chi connectivity index (χ3n) is 5.99. The number of rotatable bonds is 6. The summed E-state index contributed by atoms with van der Waals surface area (Å²) in [6.45, 7) is 6.46. The number of nitrogens with zero attached hydrogens (tertiary/aromatic N) is 2. The van der Waals surface area contributed by atoms with Crippen LogP contribution in [0.25, 0.3) is 0 Å². The molecule has 176 valence electrons. The average molecular weight is 473 g/mol. The molecule has 2 heterocycles. The maximum atomic E-state index is 13.8. The second kappa shape index (κ2) is 9.23. The predicted molar refractivity (Wildman–Crippen MR) is 126 cm³/mol. The Kier molecular flexibility index (Phi) is 6.54. The van der Waals surface area contributed by atoms with Crippen LogP contribution in [0.4, 0.5) is 10.1 Å². The second-order valence-corrected chi connectivity index (χ2v) is 10.9. The molecule has 2 aromatic rings. The van der Waals surface area contributed by atoms with Gasteiger partial charge in [0.05, 0.1) is 5.92 Å². The van der Waals surface area contributed by atoms with Gasteiger partial charge in [0.2, 0.25) is 5.91 Å². The van der Waals surface area contributed by atoms with Crippen LogP contribution in [0.15, 0.2) is 57.8 Å². The molecule has 2 aromatic carbocycles. The van der Waals surface area contributed by atoms with Gasteiger partial charge in [0.15, 0.2) is 5.84 Å². The third kappa shape index (κ3) is 5.25. The van der Waals surface area contributed by atoms with Crippen LogP contribution in [0.5, 0.6) is 0 Å². The number of para-hydroxylation sites is 1. The van der Waals surface area contributed by atoms with E-state index in [1.165, 1.54) is 12.1 Å². The number of anilines is 1. The molecule has 1 fully saturated rings. The van der Waals surface area contributed by atoms with E-state index in [2.05, 4.69) is 15.0 Å². The van der Waals surface area contributed by atoms with Crippen LogP contribution in [0.2, 0.25) is 0 Å². The lowest BCUT2D eigenvalue weighted by Gasteiger charge is -2.34. The molecule has 1 atom stereocenters. The number of sulfonamides is 1. The van der Waals surface area contributed by atoms with Crippen molar-refractivity contribution in [3.05, 3.63) is 59.9 Å². The van der Waals surface area contributed by atoms with Crippen molar-refractivity contribution >= 4 is 27.5 Å². The first kappa shape index (κ1) is 23.4. The Morgan fingerprint density at radius 1 is 1.24 bits per heavy atom. The maximum absolute atomic E-state index is 13.8. The first-order valence-electron chi connectivity index (χ1n) is 11.1. The van der Waals surface area contributed by atoms with E-state index in [9.17, 15) is 17.6 Å². The van der Waals surface area contributed by atoms with E-state index in [1.807, 2.05) is 49.1 Å². The minimum Gasteiger partial charge on any atom is -0.355 e. The highest BCUT2D eigenvalue weighted by atomic mass is 32.2. The van der Waals surface area contributed by atoms with Gasteiger partial charge in [0.25, 0.3) is 10.0 Å². The molecule has 2 aliphatic rings. The van der Waals surface area contributed by atoms with Crippen LogP contribution in [0, 0.1) is 17.2 Å². The van der Waals surface area contributed by atoms with E-state index in [-0.39, 0.29) is 22.6 Å². The molecule has 0 aromatic heterocycles. The third-order valence-corrected chi connectivity index (χ3v) is 7.29. The predicted octanol–water partition coefficient (Wildman–Crippen LogP) is 2.92. The number of hydrogen-bond acceptors (Lipinski definition) is 5. The number of piperidine rings is 1. The number of nitrogens with one attached hydrogen (secondary N) is 2. The zero-order valence-corrected chi connectivity index (χ0v) is 19.7. The highest BCUT2D eigenvalue weighted by Gasteiger charge is 2.35. The lowest BCUT2D eigenvalue weighted by Crippen LogP contribution is -2.47. The normalized spacial score (nSPS) is 19.5. The molecule has 0 aliphatic carbocycles. The number of halogens is 1. The molecule has 0 spiro atoms. The van der Waals surface area contributed by atoms with Gasteiger partial charge in [-0.1, -0.05) is 32.0 Å². The first-order chi connectivity index (χ1) is 15.7. The highest BCUT2D eigenvalue weighted by molar-refractivity contribution is 7.90. The minimum atomic E-state index is -4.00. The molecule has 7 nitrogen and oxygen atoms in total. The number of benzene rings is 2. The fraction of sp³-hybridized carbons (Fsp3) is 0.417. The molecule has 0 radical (unpaired) electrons. The molecule has 33 heavy (non-hydrogen) atoms. The van der Waals surface area contributed by atoms with Crippen molar-refractivity contribution in [1.82, 2.24) is 10.6 Å². The molecule has 2 aliphatic heterocycles. The summed E-state index contributed by atoms with van der Waals surface area (Å²) in [7, 11) is -4.00. The number of fused-ring (bicyclic) bond motifs is 1. The summed E-state index contributed by atoms with van der Waals surface area (Å²) in [4.78, 5) is 14.3. The summed E-state index contributed by atoms with van der Waals surface area (Å²) < 4.78 is 43.1. The van der Waals surface area contributed by atoms with Gasteiger partial charge in [-0.25, -0.2) is 4.39 Å². The van der Waals surface area contributed by atoms with Crippen LogP contribution < -0.4 is 15.5 Å². The molecule has 0 bridgehead atoms. The van der Waals surface area contributed by atoms with Crippen molar-refractivity contribution in [1.29, 1.82) is 0 Å². The Bertz CT molecular complexity index is 1160. The number of hydrogen-bond donors (Lipinski definition) is 2. The molecular formula is C24H29FN4O3S. The fourth-order valence-electron chi connectivity index (χ4n) is 4.23.